The molecule has 4 nitrogen and oxygen atoms in total. The van der Waals surface area contributed by atoms with Crippen molar-refractivity contribution < 1.29 is 8.42 Å². The van der Waals surface area contributed by atoms with E-state index in [-0.39, 0.29) is 20.9 Å². The number of sulfone groups is 1. The standard InChI is InChI=1S/C14H8N2O2S/c15-9-11-6-7-14(8-12(11)10-16)19(17,18)13-4-2-1-3-5-13/h1-8H. The van der Waals surface area contributed by atoms with Crippen LogP contribution in [0, 0.1) is 22.7 Å². The molecule has 0 aliphatic heterocycles. The fourth-order valence-electron chi connectivity index (χ4n) is 1.62. The minimum absolute atomic E-state index is 0.00856. The van der Waals surface area contributed by atoms with Crippen molar-refractivity contribution >= 4 is 9.84 Å². The zero-order chi connectivity index (χ0) is 13.9. The molecular formula is C14H8N2O2S. The van der Waals surface area contributed by atoms with Crippen molar-refractivity contribution in [2.45, 2.75) is 9.79 Å². The van der Waals surface area contributed by atoms with Gasteiger partial charge in [-0.05, 0) is 30.3 Å². The maximum Gasteiger partial charge on any atom is 0.206 e. The Kier molecular flexibility index (Phi) is 3.33. The zero-order valence-corrected chi connectivity index (χ0v) is 10.6. The molecule has 0 fully saturated rings. The first kappa shape index (κ1) is 12.8. The number of nitriles is 2. The highest BCUT2D eigenvalue weighted by atomic mass is 32.2. The van der Waals surface area contributed by atoms with Crippen LogP contribution in [-0.4, -0.2) is 8.42 Å². The Morgan fingerprint density at radius 2 is 1.42 bits per heavy atom. The Hall–Kier alpha value is -2.63. The number of hydrogen-bond donors (Lipinski definition) is 0. The van der Waals surface area contributed by atoms with Crippen molar-refractivity contribution in [3.8, 4) is 12.1 Å². The van der Waals surface area contributed by atoms with Gasteiger partial charge in [0, 0.05) is 0 Å². The summed E-state index contributed by atoms with van der Waals surface area (Å²) in [5, 5.41) is 17.7. The molecular weight excluding hydrogens is 260 g/mol. The van der Waals surface area contributed by atoms with E-state index in [4.69, 9.17) is 10.5 Å². The summed E-state index contributed by atoms with van der Waals surface area (Å²) >= 11 is 0. The van der Waals surface area contributed by atoms with Crippen LogP contribution in [0.1, 0.15) is 11.1 Å². The first-order valence-corrected chi connectivity index (χ1v) is 6.82. The van der Waals surface area contributed by atoms with Gasteiger partial charge in [-0.2, -0.15) is 10.5 Å². The normalized spacial score (nSPS) is 10.4. The van der Waals surface area contributed by atoms with Crippen LogP contribution in [0.2, 0.25) is 0 Å². The molecule has 19 heavy (non-hydrogen) atoms. The lowest BCUT2D eigenvalue weighted by Crippen LogP contribution is -2.02. The lowest BCUT2D eigenvalue weighted by atomic mass is 10.1. The Labute approximate surface area is 111 Å². The van der Waals surface area contributed by atoms with Gasteiger partial charge in [0.2, 0.25) is 9.84 Å². The van der Waals surface area contributed by atoms with Crippen LogP contribution in [0.3, 0.4) is 0 Å². The minimum atomic E-state index is -3.66. The smallest absolute Gasteiger partial charge is 0.206 e. The highest BCUT2D eigenvalue weighted by Crippen LogP contribution is 2.22. The second-order valence-corrected chi connectivity index (χ2v) is 5.70. The molecule has 0 saturated carbocycles. The van der Waals surface area contributed by atoms with Gasteiger partial charge in [-0.25, -0.2) is 8.42 Å². The summed E-state index contributed by atoms with van der Waals surface area (Å²) < 4.78 is 24.6. The lowest BCUT2D eigenvalue weighted by Gasteiger charge is -2.05. The van der Waals surface area contributed by atoms with Gasteiger partial charge in [-0.3, -0.25) is 0 Å². The molecule has 2 aromatic rings. The van der Waals surface area contributed by atoms with E-state index >= 15 is 0 Å². The molecule has 0 amide bonds. The van der Waals surface area contributed by atoms with E-state index in [1.54, 1.807) is 18.2 Å². The summed E-state index contributed by atoms with van der Waals surface area (Å²) in [4.78, 5) is 0.165. The second-order valence-electron chi connectivity index (χ2n) is 3.75. The molecule has 0 unspecified atom stereocenters. The second kappa shape index (κ2) is 4.93. The van der Waals surface area contributed by atoms with Gasteiger partial charge in [-0.15, -0.1) is 0 Å². The number of benzene rings is 2. The quantitative estimate of drug-likeness (QED) is 0.836. The summed E-state index contributed by atoms with van der Waals surface area (Å²) in [6.45, 7) is 0. The fourth-order valence-corrected chi connectivity index (χ4v) is 2.92. The van der Waals surface area contributed by atoms with Gasteiger partial charge in [0.25, 0.3) is 0 Å². The average molecular weight is 268 g/mol. The molecule has 2 aromatic carbocycles. The molecule has 0 atom stereocenters. The van der Waals surface area contributed by atoms with Crippen molar-refractivity contribution in [3.05, 3.63) is 59.7 Å². The molecule has 2 rings (SSSR count). The van der Waals surface area contributed by atoms with Gasteiger partial charge in [0.05, 0.1) is 20.9 Å². The van der Waals surface area contributed by atoms with Crippen molar-refractivity contribution in [1.82, 2.24) is 0 Å². The molecule has 0 saturated heterocycles. The van der Waals surface area contributed by atoms with E-state index in [0.29, 0.717) is 0 Å². The largest absolute Gasteiger partial charge is 0.219 e. The summed E-state index contributed by atoms with van der Waals surface area (Å²) in [7, 11) is -3.66. The molecule has 0 radical (unpaired) electrons. The van der Waals surface area contributed by atoms with Crippen LogP contribution in [0.25, 0.3) is 0 Å². The molecule has 0 aliphatic carbocycles. The van der Waals surface area contributed by atoms with Gasteiger partial charge < -0.3 is 0 Å². The van der Waals surface area contributed by atoms with Crippen molar-refractivity contribution in [3.63, 3.8) is 0 Å². The van der Waals surface area contributed by atoms with Crippen LogP contribution >= 0.6 is 0 Å². The van der Waals surface area contributed by atoms with Gasteiger partial charge in [0.15, 0.2) is 0 Å². The third-order valence-corrected chi connectivity index (χ3v) is 4.36. The van der Waals surface area contributed by atoms with E-state index in [1.807, 2.05) is 12.1 Å². The number of hydrogen-bond acceptors (Lipinski definition) is 4. The zero-order valence-electron chi connectivity index (χ0n) is 9.74. The fraction of sp³-hybridized carbons (Fsp3) is 0. The minimum Gasteiger partial charge on any atom is -0.219 e. The summed E-state index contributed by atoms with van der Waals surface area (Å²) in [5.74, 6) is 0. The van der Waals surface area contributed by atoms with Crippen molar-refractivity contribution in [2.24, 2.45) is 0 Å². The third kappa shape index (κ3) is 2.33. The summed E-state index contributed by atoms with van der Waals surface area (Å²) in [5.41, 5.74) is 0.217. The molecule has 0 aromatic heterocycles. The molecule has 0 bridgehead atoms. The van der Waals surface area contributed by atoms with Gasteiger partial charge in [-0.1, -0.05) is 18.2 Å². The first-order valence-electron chi connectivity index (χ1n) is 5.34. The van der Waals surface area contributed by atoms with E-state index in [9.17, 15) is 8.42 Å². The Balaban J connectivity index is 2.62. The molecule has 0 spiro atoms. The average Bonchev–Trinajstić information content (AvgIpc) is 2.47. The van der Waals surface area contributed by atoms with Crippen LogP contribution in [0.15, 0.2) is 58.3 Å². The number of nitrogens with zero attached hydrogens (tertiary/aromatic N) is 2. The highest BCUT2D eigenvalue weighted by molar-refractivity contribution is 7.91. The SMILES string of the molecule is N#Cc1ccc(S(=O)(=O)c2ccccc2)cc1C#N. The summed E-state index contributed by atoms with van der Waals surface area (Å²) in [6, 6.07) is 15.5. The Morgan fingerprint density at radius 3 is 2.00 bits per heavy atom. The highest BCUT2D eigenvalue weighted by Gasteiger charge is 2.18. The van der Waals surface area contributed by atoms with E-state index < -0.39 is 9.84 Å². The topological polar surface area (TPSA) is 81.7 Å². The molecule has 92 valence electrons. The number of rotatable bonds is 2. The predicted molar refractivity (Wildman–Crippen MR) is 67.8 cm³/mol. The Bertz CT molecular complexity index is 798. The molecule has 0 aliphatic rings. The van der Waals surface area contributed by atoms with Gasteiger partial charge in [0.1, 0.15) is 12.1 Å². The first-order chi connectivity index (χ1) is 9.09. The van der Waals surface area contributed by atoms with Crippen molar-refractivity contribution in [1.29, 1.82) is 10.5 Å². The maximum atomic E-state index is 12.3. The van der Waals surface area contributed by atoms with Crippen LogP contribution in [0.5, 0.6) is 0 Å². The van der Waals surface area contributed by atoms with Crippen LogP contribution in [0.4, 0.5) is 0 Å². The van der Waals surface area contributed by atoms with E-state index in [2.05, 4.69) is 0 Å². The maximum absolute atomic E-state index is 12.3. The monoisotopic (exact) mass is 268 g/mol. The molecule has 0 N–H and O–H groups in total. The summed E-state index contributed by atoms with van der Waals surface area (Å²) in [6.07, 6.45) is 0. The van der Waals surface area contributed by atoms with Gasteiger partial charge >= 0.3 is 0 Å². The van der Waals surface area contributed by atoms with E-state index in [0.717, 1.165) is 0 Å². The predicted octanol–water partition coefficient (Wildman–Crippen LogP) is 2.26. The van der Waals surface area contributed by atoms with Crippen LogP contribution < -0.4 is 0 Å². The third-order valence-electron chi connectivity index (χ3n) is 2.60. The van der Waals surface area contributed by atoms with Crippen molar-refractivity contribution in [2.75, 3.05) is 0 Å². The van der Waals surface area contributed by atoms with Crippen LogP contribution in [-0.2, 0) is 9.84 Å². The Morgan fingerprint density at radius 1 is 0.789 bits per heavy atom. The lowest BCUT2D eigenvalue weighted by molar-refractivity contribution is 0.596. The molecule has 5 heteroatoms. The molecule has 0 heterocycles. The van der Waals surface area contributed by atoms with E-state index in [1.165, 1.54) is 30.3 Å².